The van der Waals surface area contributed by atoms with Crippen LogP contribution in [-0.4, -0.2) is 49.7 Å². The van der Waals surface area contributed by atoms with Gasteiger partial charge in [0.15, 0.2) is 0 Å². The maximum Gasteiger partial charge on any atom is 0.0724 e. The van der Waals surface area contributed by atoms with Gasteiger partial charge in [-0.25, -0.2) is 0 Å². The zero-order valence-corrected chi connectivity index (χ0v) is 9.15. The van der Waals surface area contributed by atoms with Crippen LogP contribution >= 0.6 is 0 Å². The van der Waals surface area contributed by atoms with E-state index < -0.39 is 0 Å². The predicted octanol–water partition coefficient (Wildman–Crippen LogP) is 0.295. The molecule has 0 aromatic heterocycles. The van der Waals surface area contributed by atoms with Crippen LogP contribution in [0.15, 0.2) is 0 Å². The smallest absolute Gasteiger partial charge is 0.0724 e. The lowest BCUT2D eigenvalue weighted by molar-refractivity contribution is -0.0441. The summed E-state index contributed by atoms with van der Waals surface area (Å²) in [7, 11) is 0. The Labute approximate surface area is 90.9 Å². The largest absolute Gasteiger partial charge is 0.393 e. The quantitative estimate of drug-likeness (QED) is 0.710. The number of hydrogen-bond donors (Lipinski definition) is 2. The third-order valence-electron chi connectivity index (χ3n) is 3.20. The van der Waals surface area contributed by atoms with E-state index in [1.807, 2.05) is 0 Å². The van der Waals surface area contributed by atoms with Crippen molar-refractivity contribution in [2.75, 3.05) is 26.4 Å². The van der Waals surface area contributed by atoms with Gasteiger partial charge in [0.1, 0.15) is 0 Å². The second-order valence-electron chi connectivity index (χ2n) is 4.47. The van der Waals surface area contributed by atoms with Crippen molar-refractivity contribution < 1.29 is 14.6 Å². The molecule has 2 rings (SSSR count). The van der Waals surface area contributed by atoms with Gasteiger partial charge in [-0.15, -0.1) is 0 Å². The molecule has 0 aromatic rings. The Morgan fingerprint density at radius 1 is 1.13 bits per heavy atom. The van der Waals surface area contributed by atoms with E-state index in [0.29, 0.717) is 12.6 Å². The van der Waals surface area contributed by atoms with Crippen LogP contribution in [0.5, 0.6) is 0 Å². The highest BCUT2D eigenvalue weighted by atomic mass is 16.5. The fourth-order valence-electron chi connectivity index (χ4n) is 2.20. The molecule has 0 aliphatic carbocycles. The van der Waals surface area contributed by atoms with E-state index in [1.165, 1.54) is 0 Å². The summed E-state index contributed by atoms with van der Waals surface area (Å²) in [5.74, 6) is 0. The van der Waals surface area contributed by atoms with Crippen LogP contribution in [0.25, 0.3) is 0 Å². The molecule has 4 heteroatoms. The summed E-state index contributed by atoms with van der Waals surface area (Å²) in [5.41, 5.74) is 0. The van der Waals surface area contributed by atoms with Crippen molar-refractivity contribution in [3.05, 3.63) is 0 Å². The fourth-order valence-corrected chi connectivity index (χ4v) is 2.20. The van der Waals surface area contributed by atoms with Gasteiger partial charge in [-0.2, -0.15) is 0 Å². The molecular formula is C11H21NO3. The lowest BCUT2D eigenvalue weighted by atomic mass is 10.0. The van der Waals surface area contributed by atoms with E-state index in [1.54, 1.807) is 0 Å². The SMILES string of the molecule is OC1CCOC(CNC2CCOCC2)C1. The zero-order chi connectivity index (χ0) is 10.5. The molecule has 0 radical (unpaired) electrons. The molecule has 2 atom stereocenters. The van der Waals surface area contributed by atoms with Crippen LogP contribution in [0.1, 0.15) is 25.7 Å². The van der Waals surface area contributed by atoms with Crippen LogP contribution in [0.3, 0.4) is 0 Å². The molecule has 2 saturated heterocycles. The van der Waals surface area contributed by atoms with Crippen LogP contribution < -0.4 is 5.32 Å². The molecule has 2 heterocycles. The minimum absolute atomic E-state index is 0.166. The third kappa shape index (κ3) is 3.72. The summed E-state index contributed by atoms with van der Waals surface area (Å²) in [6, 6.07) is 0.571. The Morgan fingerprint density at radius 2 is 1.93 bits per heavy atom. The standard InChI is InChI=1S/C11H21NO3/c13-10-3-6-15-11(7-10)8-12-9-1-4-14-5-2-9/h9-13H,1-8H2. The van der Waals surface area contributed by atoms with Crippen molar-refractivity contribution in [2.45, 2.75) is 43.9 Å². The fraction of sp³-hybridized carbons (Fsp3) is 1.00. The normalized spacial score (nSPS) is 34.2. The van der Waals surface area contributed by atoms with Gasteiger partial charge >= 0.3 is 0 Å². The molecule has 88 valence electrons. The monoisotopic (exact) mass is 215 g/mol. The first kappa shape index (κ1) is 11.3. The molecule has 0 spiro atoms. The van der Waals surface area contributed by atoms with Crippen molar-refractivity contribution in [2.24, 2.45) is 0 Å². The molecular weight excluding hydrogens is 194 g/mol. The number of ether oxygens (including phenoxy) is 2. The van der Waals surface area contributed by atoms with Gasteiger partial charge in [0.2, 0.25) is 0 Å². The summed E-state index contributed by atoms with van der Waals surface area (Å²) in [6.45, 7) is 3.29. The van der Waals surface area contributed by atoms with Gasteiger partial charge in [-0.1, -0.05) is 0 Å². The summed E-state index contributed by atoms with van der Waals surface area (Å²) in [4.78, 5) is 0. The number of nitrogens with one attached hydrogen (secondary N) is 1. The average Bonchev–Trinajstić information content (AvgIpc) is 2.28. The minimum Gasteiger partial charge on any atom is -0.393 e. The summed E-state index contributed by atoms with van der Waals surface area (Å²) < 4.78 is 10.9. The number of rotatable bonds is 3. The average molecular weight is 215 g/mol. The van der Waals surface area contributed by atoms with Crippen LogP contribution in [0, 0.1) is 0 Å². The van der Waals surface area contributed by atoms with Crippen molar-refractivity contribution in [3.63, 3.8) is 0 Å². The van der Waals surface area contributed by atoms with Gasteiger partial charge in [0.05, 0.1) is 12.2 Å². The highest BCUT2D eigenvalue weighted by molar-refractivity contribution is 4.76. The first-order chi connectivity index (χ1) is 7.34. The Hall–Kier alpha value is -0.160. The van der Waals surface area contributed by atoms with Gasteiger partial charge < -0.3 is 19.9 Å². The molecule has 2 unspecified atom stereocenters. The van der Waals surface area contributed by atoms with E-state index in [2.05, 4.69) is 5.32 Å². The summed E-state index contributed by atoms with van der Waals surface area (Å²) in [6.07, 6.45) is 3.77. The van der Waals surface area contributed by atoms with Gasteiger partial charge in [-0.05, 0) is 19.3 Å². The minimum atomic E-state index is -0.166. The Bertz CT molecular complexity index is 183. The van der Waals surface area contributed by atoms with E-state index in [0.717, 1.165) is 45.4 Å². The third-order valence-corrected chi connectivity index (χ3v) is 3.20. The molecule has 2 aliphatic rings. The predicted molar refractivity (Wildman–Crippen MR) is 56.8 cm³/mol. The summed E-state index contributed by atoms with van der Waals surface area (Å²) >= 11 is 0. The van der Waals surface area contributed by atoms with Gasteiger partial charge in [0.25, 0.3) is 0 Å². The Morgan fingerprint density at radius 3 is 2.67 bits per heavy atom. The maximum absolute atomic E-state index is 9.49. The van der Waals surface area contributed by atoms with Crippen LogP contribution in [0.4, 0.5) is 0 Å². The van der Waals surface area contributed by atoms with Crippen molar-refractivity contribution in [1.29, 1.82) is 0 Å². The maximum atomic E-state index is 9.49. The van der Waals surface area contributed by atoms with Crippen molar-refractivity contribution >= 4 is 0 Å². The van der Waals surface area contributed by atoms with Crippen LogP contribution in [-0.2, 0) is 9.47 Å². The van der Waals surface area contributed by atoms with E-state index in [-0.39, 0.29) is 12.2 Å². The second kappa shape index (κ2) is 5.80. The second-order valence-corrected chi connectivity index (χ2v) is 4.47. The number of hydrogen-bond acceptors (Lipinski definition) is 4. The molecule has 0 saturated carbocycles. The van der Waals surface area contributed by atoms with E-state index in [4.69, 9.17) is 9.47 Å². The topological polar surface area (TPSA) is 50.7 Å². The highest BCUT2D eigenvalue weighted by Crippen LogP contribution is 2.14. The lowest BCUT2D eigenvalue weighted by Gasteiger charge is -2.29. The molecule has 0 aromatic carbocycles. The molecule has 0 bridgehead atoms. The Balaban J connectivity index is 1.63. The molecule has 2 fully saturated rings. The van der Waals surface area contributed by atoms with Gasteiger partial charge in [0, 0.05) is 38.8 Å². The van der Waals surface area contributed by atoms with Crippen LogP contribution in [0.2, 0.25) is 0 Å². The number of aliphatic hydroxyl groups is 1. The molecule has 2 aliphatic heterocycles. The number of aliphatic hydroxyl groups excluding tert-OH is 1. The van der Waals surface area contributed by atoms with E-state index >= 15 is 0 Å². The first-order valence-electron chi connectivity index (χ1n) is 5.95. The lowest BCUT2D eigenvalue weighted by Crippen LogP contribution is -2.42. The highest BCUT2D eigenvalue weighted by Gasteiger charge is 2.22. The first-order valence-corrected chi connectivity index (χ1v) is 5.95. The van der Waals surface area contributed by atoms with Gasteiger partial charge in [-0.3, -0.25) is 0 Å². The van der Waals surface area contributed by atoms with Crippen molar-refractivity contribution in [3.8, 4) is 0 Å². The van der Waals surface area contributed by atoms with E-state index in [9.17, 15) is 5.11 Å². The molecule has 15 heavy (non-hydrogen) atoms. The summed E-state index contributed by atoms with van der Waals surface area (Å²) in [5, 5.41) is 13.0. The molecule has 4 nitrogen and oxygen atoms in total. The zero-order valence-electron chi connectivity index (χ0n) is 9.15. The Kier molecular flexibility index (Phi) is 4.38. The molecule has 2 N–H and O–H groups in total. The molecule has 0 amide bonds. The van der Waals surface area contributed by atoms with Crippen molar-refractivity contribution in [1.82, 2.24) is 5.32 Å².